The Labute approximate surface area is 179 Å². The summed E-state index contributed by atoms with van der Waals surface area (Å²) in [4.78, 5) is 25.1. The molecule has 0 radical (unpaired) electrons. The van der Waals surface area contributed by atoms with Gasteiger partial charge in [0.05, 0.1) is 29.8 Å². The van der Waals surface area contributed by atoms with Crippen LogP contribution in [0.15, 0.2) is 53.1 Å². The number of thioether (sulfide) groups is 1. The first-order valence-electron chi connectivity index (χ1n) is 9.31. The number of methoxy groups -OCH3 is 1. The van der Waals surface area contributed by atoms with Gasteiger partial charge in [0.2, 0.25) is 5.91 Å². The predicted molar refractivity (Wildman–Crippen MR) is 118 cm³/mol. The minimum absolute atomic E-state index is 0.187. The number of anilines is 2. The number of aryl methyl sites for hydroxylation is 2. The van der Waals surface area contributed by atoms with Crippen molar-refractivity contribution in [1.82, 2.24) is 5.16 Å². The summed E-state index contributed by atoms with van der Waals surface area (Å²) in [6.45, 7) is 3.73. The van der Waals surface area contributed by atoms with Crippen LogP contribution in [0.1, 0.15) is 27.4 Å². The highest BCUT2D eigenvalue weighted by Crippen LogP contribution is 2.22. The molecule has 156 valence electrons. The minimum Gasteiger partial charge on any atom is -0.497 e. The van der Waals surface area contributed by atoms with Gasteiger partial charge in [-0.25, -0.2) is 0 Å². The fraction of sp³-hybridized carbons (Fsp3) is 0.227. The molecule has 0 saturated heterocycles. The van der Waals surface area contributed by atoms with Gasteiger partial charge in [0, 0.05) is 23.1 Å². The Kier molecular flexibility index (Phi) is 7.13. The lowest BCUT2D eigenvalue weighted by atomic mass is 10.1. The summed E-state index contributed by atoms with van der Waals surface area (Å²) in [5, 5.41) is 9.57. The van der Waals surface area contributed by atoms with E-state index in [-0.39, 0.29) is 17.6 Å². The van der Waals surface area contributed by atoms with Crippen molar-refractivity contribution < 1.29 is 18.8 Å². The third-order valence-electron chi connectivity index (χ3n) is 4.43. The average Bonchev–Trinajstić information content (AvgIpc) is 3.06. The van der Waals surface area contributed by atoms with E-state index < -0.39 is 0 Å². The zero-order valence-electron chi connectivity index (χ0n) is 17.0. The van der Waals surface area contributed by atoms with E-state index in [1.165, 1.54) is 11.8 Å². The molecule has 1 aromatic heterocycles. The number of aromatic nitrogens is 1. The van der Waals surface area contributed by atoms with Crippen molar-refractivity contribution in [3.63, 3.8) is 0 Å². The van der Waals surface area contributed by atoms with Crippen LogP contribution in [0, 0.1) is 13.8 Å². The summed E-state index contributed by atoms with van der Waals surface area (Å²) in [5.41, 5.74) is 3.28. The number of nitrogens with zero attached hydrogens (tertiary/aromatic N) is 1. The zero-order valence-corrected chi connectivity index (χ0v) is 17.8. The van der Waals surface area contributed by atoms with E-state index in [0.717, 1.165) is 17.0 Å². The number of carbonyl (C=O) groups excluding carboxylic acids is 2. The number of carbonyl (C=O) groups is 2. The minimum atomic E-state index is -0.317. The molecule has 2 amide bonds. The molecule has 8 heteroatoms. The second-order valence-electron chi connectivity index (χ2n) is 6.58. The van der Waals surface area contributed by atoms with Gasteiger partial charge < -0.3 is 19.9 Å². The Morgan fingerprint density at radius 3 is 2.63 bits per heavy atom. The third-order valence-corrected chi connectivity index (χ3v) is 5.39. The topological polar surface area (TPSA) is 93.5 Å². The van der Waals surface area contributed by atoms with Crippen LogP contribution in [0.5, 0.6) is 5.75 Å². The number of benzene rings is 2. The molecule has 0 aliphatic carbocycles. The number of rotatable bonds is 8. The first kappa shape index (κ1) is 21.4. The van der Waals surface area contributed by atoms with Crippen LogP contribution in [-0.2, 0) is 10.5 Å². The predicted octanol–water partition coefficient (Wildman–Crippen LogP) is 4.42. The van der Waals surface area contributed by atoms with Gasteiger partial charge >= 0.3 is 0 Å². The smallest absolute Gasteiger partial charge is 0.257 e. The number of hydrogen-bond donors (Lipinski definition) is 2. The van der Waals surface area contributed by atoms with E-state index in [4.69, 9.17) is 9.26 Å². The number of hydrogen-bond acceptors (Lipinski definition) is 6. The van der Waals surface area contributed by atoms with Crippen molar-refractivity contribution in [3.8, 4) is 5.75 Å². The van der Waals surface area contributed by atoms with Crippen molar-refractivity contribution >= 4 is 35.0 Å². The van der Waals surface area contributed by atoms with E-state index in [0.29, 0.717) is 28.4 Å². The van der Waals surface area contributed by atoms with Gasteiger partial charge in [-0.2, -0.15) is 0 Å². The Morgan fingerprint density at radius 2 is 1.90 bits per heavy atom. The standard InChI is InChI=1S/C22H23N3O4S/c1-14-19(15(2)29-25-14)12-30-13-21(26)24-20-10-5-4-9-18(20)22(27)23-16-7-6-8-17(11-16)28-3/h4-11H,12-13H2,1-3H3,(H,23,27)(H,24,26). The van der Waals surface area contributed by atoms with Crippen LogP contribution < -0.4 is 15.4 Å². The van der Waals surface area contributed by atoms with Crippen molar-refractivity contribution in [3.05, 3.63) is 71.1 Å². The zero-order chi connectivity index (χ0) is 21.5. The monoisotopic (exact) mass is 425 g/mol. The van der Waals surface area contributed by atoms with Crippen LogP contribution in [0.4, 0.5) is 11.4 Å². The first-order valence-corrected chi connectivity index (χ1v) is 10.5. The quantitative estimate of drug-likeness (QED) is 0.555. The van der Waals surface area contributed by atoms with Gasteiger partial charge in [0.15, 0.2) is 0 Å². The Morgan fingerprint density at radius 1 is 1.10 bits per heavy atom. The maximum Gasteiger partial charge on any atom is 0.257 e. The highest BCUT2D eigenvalue weighted by atomic mass is 32.2. The van der Waals surface area contributed by atoms with E-state index in [1.54, 1.807) is 55.6 Å². The number of nitrogens with one attached hydrogen (secondary N) is 2. The van der Waals surface area contributed by atoms with Crippen LogP contribution in [-0.4, -0.2) is 29.8 Å². The molecule has 30 heavy (non-hydrogen) atoms. The molecular weight excluding hydrogens is 402 g/mol. The molecule has 0 aliphatic heterocycles. The molecule has 0 atom stereocenters. The van der Waals surface area contributed by atoms with Crippen molar-refractivity contribution in [2.75, 3.05) is 23.5 Å². The van der Waals surface area contributed by atoms with Crippen LogP contribution in [0.2, 0.25) is 0 Å². The lowest BCUT2D eigenvalue weighted by Crippen LogP contribution is -2.19. The molecule has 3 aromatic rings. The summed E-state index contributed by atoms with van der Waals surface area (Å²) in [6, 6.07) is 14.0. The molecule has 2 N–H and O–H groups in total. The molecule has 0 saturated carbocycles. The van der Waals surface area contributed by atoms with E-state index >= 15 is 0 Å². The van der Waals surface area contributed by atoms with E-state index in [1.807, 2.05) is 13.8 Å². The molecule has 0 fully saturated rings. The van der Waals surface area contributed by atoms with Crippen molar-refractivity contribution in [1.29, 1.82) is 0 Å². The number of para-hydroxylation sites is 1. The summed E-state index contributed by atoms with van der Waals surface area (Å²) in [6.07, 6.45) is 0. The maximum absolute atomic E-state index is 12.7. The summed E-state index contributed by atoms with van der Waals surface area (Å²) in [7, 11) is 1.56. The molecule has 0 aliphatic rings. The van der Waals surface area contributed by atoms with Crippen molar-refractivity contribution in [2.45, 2.75) is 19.6 Å². The lowest BCUT2D eigenvalue weighted by Gasteiger charge is -2.12. The van der Waals surface area contributed by atoms with Crippen LogP contribution >= 0.6 is 11.8 Å². The summed E-state index contributed by atoms with van der Waals surface area (Å²) in [5.74, 6) is 1.78. The third kappa shape index (κ3) is 5.42. The second kappa shape index (κ2) is 9.98. The summed E-state index contributed by atoms with van der Waals surface area (Å²) >= 11 is 1.46. The Bertz CT molecular complexity index is 1030. The molecule has 0 bridgehead atoms. The van der Waals surface area contributed by atoms with Gasteiger partial charge in [-0.1, -0.05) is 23.4 Å². The molecule has 7 nitrogen and oxygen atoms in total. The van der Waals surface area contributed by atoms with Crippen LogP contribution in [0.25, 0.3) is 0 Å². The van der Waals surface area contributed by atoms with Gasteiger partial charge in [0.1, 0.15) is 11.5 Å². The summed E-state index contributed by atoms with van der Waals surface area (Å²) < 4.78 is 10.3. The van der Waals surface area contributed by atoms with Crippen molar-refractivity contribution in [2.24, 2.45) is 0 Å². The number of ether oxygens (including phenoxy) is 1. The van der Waals surface area contributed by atoms with Crippen LogP contribution in [0.3, 0.4) is 0 Å². The highest BCUT2D eigenvalue weighted by molar-refractivity contribution is 7.99. The molecular formula is C22H23N3O4S. The van der Waals surface area contributed by atoms with E-state index in [2.05, 4.69) is 15.8 Å². The molecule has 1 heterocycles. The second-order valence-corrected chi connectivity index (χ2v) is 7.56. The normalized spacial score (nSPS) is 10.5. The molecule has 0 spiro atoms. The SMILES string of the molecule is COc1cccc(NC(=O)c2ccccc2NC(=O)CSCc2c(C)noc2C)c1. The van der Waals surface area contributed by atoms with Gasteiger partial charge in [-0.3, -0.25) is 9.59 Å². The lowest BCUT2D eigenvalue weighted by molar-refractivity contribution is -0.113. The van der Waals surface area contributed by atoms with E-state index in [9.17, 15) is 9.59 Å². The fourth-order valence-electron chi connectivity index (χ4n) is 2.83. The molecule has 0 unspecified atom stereocenters. The highest BCUT2D eigenvalue weighted by Gasteiger charge is 2.15. The largest absolute Gasteiger partial charge is 0.497 e. The first-order chi connectivity index (χ1) is 14.5. The Balaban J connectivity index is 1.61. The van der Waals surface area contributed by atoms with Gasteiger partial charge in [-0.05, 0) is 38.1 Å². The maximum atomic E-state index is 12.7. The number of amides is 2. The average molecular weight is 426 g/mol. The van der Waals surface area contributed by atoms with Gasteiger partial charge in [0.25, 0.3) is 5.91 Å². The van der Waals surface area contributed by atoms with Gasteiger partial charge in [-0.15, -0.1) is 11.8 Å². The Hall–Kier alpha value is -3.26. The molecule has 2 aromatic carbocycles. The fourth-order valence-corrected chi connectivity index (χ4v) is 3.81. The molecule has 3 rings (SSSR count).